The number of H-pyrrole nitrogens is 1. The summed E-state index contributed by atoms with van der Waals surface area (Å²) < 4.78 is 4.66. The molecular formula is C21H28Cl2N4O2. The third kappa shape index (κ3) is 5.69. The fourth-order valence-electron chi connectivity index (χ4n) is 3.41. The summed E-state index contributed by atoms with van der Waals surface area (Å²) in [4.78, 5) is 18.8. The molecular weight excluding hydrogens is 411 g/mol. The van der Waals surface area contributed by atoms with Crippen molar-refractivity contribution in [3.8, 4) is 11.1 Å². The van der Waals surface area contributed by atoms with Crippen molar-refractivity contribution in [3.63, 3.8) is 0 Å². The molecule has 29 heavy (non-hydrogen) atoms. The highest BCUT2D eigenvalue weighted by molar-refractivity contribution is 5.85. The highest BCUT2D eigenvalue weighted by atomic mass is 35.5. The van der Waals surface area contributed by atoms with E-state index in [1.807, 2.05) is 6.92 Å². The number of hydrogen-bond donors (Lipinski definition) is 2. The standard InChI is InChI=1S/C21H26N4O2.2ClH/c1-12(2)9-18-17(11-22)20(15-7-5-13(3)6-8-15)16(14(4)23-18)10-19-24-21(26)27-25-19;;/h5-8,12H,9-11,22H2,1-4H3,(H,24,25,26);2*1H. The fraction of sp³-hybridized carbons (Fsp3) is 0.381. The number of halogens is 2. The van der Waals surface area contributed by atoms with E-state index in [2.05, 4.69) is 59.7 Å². The largest absolute Gasteiger partial charge is 0.438 e. The number of aryl methyl sites for hydroxylation is 2. The molecule has 2 aromatic heterocycles. The molecule has 3 aromatic rings. The minimum absolute atomic E-state index is 0. The predicted octanol–water partition coefficient (Wildman–Crippen LogP) is 4.13. The summed E-state index contributed by atoms with van der Waals surface area (Å²) in [6.45, 7) is 8.82. The molecule has 0 aliphatic heterocycles. The average molecular weight is 439 g/mol. The third-order valence-corrected chi connectivity index (χ3v) is 4.67. The Morgan fingerprint density at radius 1 is 1.10 bits per heavy atom. The number of pyridine rings is 1. The second-order valence-corrected chi connectivity index (χ2v) is 7.36. The second-order valence-electron chi connectivity index (χ2n) is 7.36. The van der Waals surface area contributed by atoms with Gasteiger partial charge >= 0.3 is 5.76 Å². The zero-order valence-electron chi connectivity index (χ0n) is 17.1. The van der Waals surface area contributed by atoms with E-state index in [0.29, 0.717) is 24.7 Å². The van der Waals surface area contributed by atoms with Crippen molar-refractivity contribution in [2.45, 2.75) is 47.1 Å². The van der Waals surface area contributed by atoms with Crippen molar-refractivity contribution >= 4 is 24.8 Å². The molecule has 0 saturated heterocycles. The van der Waals surface area contributed by atoms with Crippen LogP contribution in [-0.4, -0.2) is 15.1 Å². The maximum atomic E-state index is 11.3. The Morgan fingerprint density at radius 2 is 1.76 bits per heavy atom. The summed E-state index contributed by atoms with van der Waals surface area (Å²) in [6, 6.07) is 8.40. The molecule has 0 radical (unpaired) electrons. The Morgan fingerprint density at radius 3 is 2.28 bits per heavy atom. The maximum absolute atomic E-state index is 11.3. The zero-order chi connectivity index (χ0) is 19.6. The summed E-state index contributed by atoms with van der Waals surface area (Å²) >= 11 is 0. The molecule has 0 fully saturated rings. The van der Waals surface area contributed by atoms with E-state index >= 15 is 0 Å². The van der Waals surface area contributed by atoms with Gasteiger partial charge in [0.15, 0.2) is 5.82 Å². The molecule has 158 valence electrons. The van der Waals surface area contributed by atoms with Gasteiger partial charge in [0.05, 0.1) is 0 Å². The molecule has 0 spiro atoms. The highest BCUT2D eigenvalue weighted by Gasteiger charge is 2.20. The fourth-order valence-corrected chi connectivity index (χ4v) is 3.41. The normalized spacial score (nSPS) is 10.6. The van der Waals surface area contributed by atoms with Gasteiger partial charge in [-0.2, -0.15) is 0 Å². The Bertz CT molecular complexity index is 995. The van der Waals surface area contributed by atoms with E-state index in [0.717, 1.165) is 40.1 Å². The molecule has 0 amide bonds. The van der Waals surface area contributed by atoms with Crippen LogP contribution < -0.4 is 11.5 Å². The quantitative estimate of drug-likeness (QED) is 0.602. The predicted molar refractivity (Wildman–Crippen MR) is 120 cm³/mol. The van der Waals surface area contributed by atoms with Crippen molar-refractivity contribution in [1.82, 2.24) is 15.1 Å². The topological polar surface area (TPSA) is 97.8 Å². The van der Waals surface area contributed by atoms with Crippen LogP contribution in [0.2, 0.25) is 0 Å². The van der Waals surface area contributed by atoms with Crippen LogP contribution in [0.4, 0.5) is 0 Å². The molecule has 0 saturated carbocycles. The van der Waals surface area contributed by atoms with Crippen LogP contribution in [0.3, 0.4) is 0 Å². The average Bonchev–Trinajstić information content (AvgIpc) is 3.02. The lowest BCUT2D eigenvalue weighted by molar-refractivity contribution is 0.382. The van der Waals surface area contributed by atoms with Crippen molar-refractivity contribution in [1.29, 1.82) is 0 Å². The molecule has 3 rings (SSSR count). The van der Waals surface area contributed by atoms with E-state index in [4.69, 9.17) is 10.7 Å². The first-order chi connectivity index (χ1) is 12.9. The van der Waals surface area contributed by atoms with Gasteiger partial charge in [-0.1, -0.05) is 48.8 Å². The van der Waals surface area contributed by atoms with E-state index in [1.54, 1.807) is 0 Å². The highest BCUT2D eigenvalue weighted by Crippen LogP contribution is 2.33. The molecule has 0 bridgehead atoms. The first-order valence-electron chi connectivity index (χ1n) is 9.22. The van der Waals surface area contributed by atoms with Crippen LogP contribution in [0, 0.1) is 19.8 Å². The monoisotopic (exact) mass is 438 g/mol. The van der Waals surface area contributed by atoms with E-state index in [1.165, 1.54) is 5.56 Å². The van der Waals surface area contributed by atoms with Gasteiger partial charge in [0.1, 0.15) is 0 Å². The summed E-state index contributed by atoms with van der Waals surface area (Å²) in [5, 5.41) is 3.83. The molecule has 2 heterocycles. The van der Waals surface area contributed by atoms with Gasteiger partial charge in [0, 0.05) is 24.4 Å². The summed E-state index contributed by atoms with van der Waals surface area (Å²) in [5.74, 6) is 0.409. The van der Waals surface area contributed by atoms with Gasteiger partial charge in [-0.15, -0.1) is 24.8 Å². The van der Waals surface area contributed by atoms with Gasteiger partial charge < -0.3 is 5.73 Å². The van der Waals surface area contributed by atoms with Crippen molar-refractivity contribution in [3.05, 3.63) is 68.7 Å². The Kier molecular flexibility index (Phi) is 9.08. The zero-order valence-corrected chi connectivity index (χ0v) is 18.7. The number of benzene rings is 1. The van der Waals surface area contributed by atoms with Crippen LogP contribution >= 0.6 is 24.8 Å². The molecule has 0 unspecified atom stereocenters. The SMILES string of the molecule is Cc1ccc(-c2c(Cc3noc(=O)[nH]3)c(C)nc(CC(C)C)c2CN)cc1.Cl.Cl. The number of nitrogens with one attached hydrogen (secondary N) is 1. The van der Waals surface area contributed by atoms with Crippen LogP contribution in [0.25, 0.3) is 11.1 Å². The van der Waals surface area contributed by atoms with Crippen LogP contribution in [-0.2, 0) is 19.4 Å². The molecule has 3 N–H and O–H groups in total. The minimum atomic E-state index is -0.553. The van der Waals surface area contributed by atoms with E-state index < -0.39 is 5.76 Å². The van der Waals surface area contributed by atoms with Crippen LogP contribution in [0.15, 0.2) is 33.6 Å². The van der Waals surface area contributed by atoms with Gasteiger partial charge in [-0.3, -0.25) is 14.5 Å². The molecule has 8 heteroatoms. The lowest BCUT2D eigenvalue weighted by Crippen LogP contribution is -2.14. The summed E-state index contributed by atoms with van der Waals surface area (Å²) in [6.07, 6.45) is 1.30. The second kappa shape index (κ2) is 10.6. The molecule has 6 nitrogen and oxygen atoms in total. The van der Waals surface area contributed by atoms with E-state index in [-0.39, 0.29) is 24.8 Å². The van der Waals surface area contributed by atoms with Gasteiger partial charge in [-0.25, -0.2) is 4.79 Å². The Hall–Kier alpha value is -2.15. The van der Waals surface area contributed by atoms with Crippen molar-refractivity contribution in [2.24, 2.45) is 11.7 Å². The first kappa shape index (κ1) is 24.9. The number of aromatic amines is 1. The molecule has 1 aromatic carbocycles. The first-order valence-corrected chi connectivity index (χ1v) is 9.22. The van der Waals surface area contributed by atoms with Gasteiger partial charge in [-0.05, 0) is 48.4 Å². The van der Waals surface area contributed by atoms with Crippen molar-refractivity contribution in [2.75, 3.05) is 0 Å². The van der Waals surface area contributed by atoms with Gasteiger partial charge in [0.2, 0.25) is 0 Å². The molecule has 0 aliphatic rings. The lowest BCUT2D eigenvalue weighted by Gasteiger charge is -2.20. The maximum Gasteiger partial charge on any atom is 0.438 e. The minimum Gasteiger partial charge on any atom is -0.326 e. The smallest absolute Gasteiger partial charge is 0.326 e. The number of aromatic nitrogens is 3. The van der Waals surface area contributed by atoms with Gasteiger partial charge in [0.25, 0.3) is 0 Å². The van der Waals surface area contributed by atoms with E-state index in [9.17, 15) is 4.79 Å². The third-order valence-electron chi connectivity index (χ3n) is 4.67. The van der Waals surface area contributed by atoms with Crippen LogP contribution in [0.5, 0.6) is 0 Å². The van der Waals surface area contributed by atoms with Crippen LogP contribution in [0.1, 0.15) is 47.8 Å². The lowest BCUT2D eigenvalue weighted by atomic mass is 9.88. The Labute approximate surface area is 183 Å². The molecule has 0 aliphatic carbocycles. The number of rotatable bonds is 6. The number of nitrogens with two attached hydrogens (primary N) is 1. The number of hydrogen-bond acceptors (Lipinski definition) is 5. The Balaban J connectivity index is 0.00000210. The molecule has 0 atom stereocenters. The summed E-state index contributed by atoms with van der Waals surface area (Å²) in [7, 11) is 0. The summed E-state index contributed by atoms with van der Waals surface area (Å²) in [5.41, 5.74) is 13.6. The van der Waals surface area contributed by atoms with Crippen molar-refractivity contribution < 1.29 is 4.52 Å². The number of nitrogens with zero attached hydrogens (tertiary/aromatic N) is 2.